The van der Waals surface area contributed by atoms with Gasteiger partial charge in [0.1, 0.15) is 11.9 Å². The Labute approximate surface area is 155 Å². The molecule has 1 fully saturated rings. The van der Waals surface area contributed by atoms with Crippen LogP contribution in [0.2, 0.25) is 0 Å². The first-order valence-corrected chi connectivity index (χ1v) is 9.02. The minimum absolute atomic E-state index is 0.0883. The van der Waals surface area contributed by atoms with E-state index in [0.717, 1.165) is 31.7 Å². The SMILES string of the molecule is O=C(CN1CCC(Oc2ccccc2)CC1)Nc1ccc2[nH]c(=O)oc2c1. The number of fused-ring (bicyclic) bond motifs is 1. The van der Waals surface area contributed by atoms with Crippen LogP contribution in [-0.4, -0.2) is 41.5 Å². The molecule has 7 nitrogen and oxygen atoms in total. The number of nitrogens with zero attached hydrogens (tertiary/aromatic N) is 1. The number of H-pyrrole nitrogens is 1. The molecule has 1 amide bonds. The van der Waals surface area contributed by atoms with E-state index in [4.69, 9.17) is 9.15 Å². The van der Waals surface area contributed by atoms with Crippen LogP contribution in [0.1, 0.15) is 12.8 Å². The Kier molecular flexibility index (Phi) is 4.93. The highest BCUT2D eigenvalue weighted by Crippen LogP contribution is 2.19. The number of ether oxygens (including phenoxy) is 1. The fourth-order valence-electron chi connectivity index (χ4n) is 3.30. The lowest BCUT2D eigenvalue weighted by molar-refractivity contribution is -0.117. The monoisotopic (exact) mass is 367 g/mol. The molecule has 2 aromatic carbocycles. The third kappa shape index (κ3) is 4.38. The van der Waals surface area contributed by atoms with E-state index in [1.807, 2.05) is 30.3 Å². The molecule has 2 N–H and O–H groups in total. The molecule has 1 saturated heterocycles. The number of likely N-dealkylation sites (tertiary alicyclic amines) is 1. The summed E-state index contributed by atoms with van der Waals surface area (Å²) in [7, 11) is 0. The molecule has 1 aromatic heterocycles. The lowest BCUT2D eigenvalue weighted by Gasteiger charge is -2.31. The number of oxazole rings is 1. The minimum Gasteiger partial charge on any atom is -0.490 e. The molecule has 140 valence electrons. The number of piperidine rings is 1. The van der Waals surface area contributed by atoms with Crippen molar-refractivity contribution in [2.75, 3.05) is 25.0 Å². The second-order valence-electron chi connectivity index (χ2n) is 6.68. The van der Waals surface area contributed by atoms with E-state index in [1.54, 1.807) is 18.2 Å². The number of nitrogens with one attached hydrogen (secondary N) is 2. The van der Waals surface area contributed by atoms with Gasteiger partial charge in [-0.15, -0.1) is 0 Å². The Bertz CT molecular complexity index is 972. The smallest absolute Gasteiger partial charge is 0.417 e. The van der Waals surface area contributed by atoms with Crippen LogP contribution in [0.5, 0.6) is 5.75 Å². The van der Waals surface area contributed by atoms with Gasteiger partial charge in [0.25, 0.3) is 0 Å². The van der Waals surface area contributed by atoms with E-state index in [0.29, 0.717) is 23.3 Å². The van der Waals surface area contributed by atoms with Gasteiger partial charge in [0.2, 0.25) is 5.91 Å². The van der Waals surface area contributed by atoms with Crippen molar-refractivity contribution in [1.82, 2.24) is 9.88 Å². The van der Waals surface area contributed by atoms with Gasteiger partial charge in [0.05, 0.1) is 12.1 Å². The highest BCUT2D eigenvalue weighted by molar-refractivity contribution is 5.93. The average Bonchev–Trinajstić information content (AvgIpc) is 3.03. The number of para-hydroxylation sites is 1. The van der Waals surface area contributed by atoms with Crippen molar-refractivity contribution >= 4 is 22.7 Å². The third-order valence-electron chi connectivity index (χ3n) is 4.65. The number of hydrogen-bond donors (Lipinski definition) is 2. The molecule has 0 unspecified atom stereocenters. The number of carbonyl (C=O) groups excluding carboxylic acids is 1. The molecule has 1 aliphatic rings. The van der Waals surface area contributed by atoms with Crippen LogP contribution in [-0.2, 0) is 4.79 Å². The average molecular weight is 367 g/mol. The maximum Gasteiger partial charge on any atom is 0.417 e. The Hall–Kier alpha value is -3.06. The van der Waals surface area contributed by atoms with Gasteiger partial charge in [-0.1, -0.05) is 18.2 Å². The fourth-order valence-corrected chi connectivity index (χ4v) is 3.30. The molecule has 7 heteroatoms. The number of aromatic nitrogens is 1. The molecule has 0 bridgehead atoms. The van der Waals surface area contributed by atoms with Gasteiger partial charge in [0.15, 0.2) is 5.58 Å². The molecule has 27 heavy (non-hydrogen) atoms. The maximum absolute atomic E-state index is 12.3. The van der Waals surface area contributed by atoms with Crippen molar-refractivity contribution in [2.45, 2.75) is 18.9 Å². The number of benzene rings is 2. The molecule has 0 spiro atoms. The van der Waals surface area contributed by atoms with Crippen molar-refractivity contribution in [1.29, 1.82) is 0 Å². The lowest BCUT2D eigenvalue weighted by atomic mass is 10.1. The van der Waals surface area contributed by atoms with Crippen LogP contribution in [0.3, 0.4) is 0 Å². The van der Waals surface area contributed by atoms with E-state index in [-0.39, 0.29) is 12.0 Å². The summed E-state index contributed by atoms with van der Waals surface area (Å²) in [4.78, 5) is 28.2. The highest BCUT2D eigenvalue weighted by atomic mass is 16.5. The van der Waals surface area contributed by atoms with Gasteiger partial charge in [-0.3, -0.25) is 14.7 Å². The van der Waals surface area contributed by atoms with Crippen molar-refractivity contribution in [3.8, 4) is 5.75 Å². The summed E-state index contributed by atoms with van der Waals surface area (Å²) in [6, 6.07) is 14.9. The second-order valence-corrected chi connectivity index (χ2v) is 6.68. The predicted molar refractivity (Wildman–Crippen MR) is 102 cm³/mol. The summed E-state index contributed by atoms with van der Waals surface area (Å²) in [5, 5.41) is 2.85. The molecular formula is C20H21N3O4. The highest BCUT2D eigenvalue weighted by Gasteiger charge is 2.22. The Morgan fingerprint density at radius 1 is 1.19 bits per heavy atom. The molecule has 1 aliphatic heterocycles. The first kappa shape index (κ1) is 17.4. The maximum atomic E-state index is 12.3. The van der Waals surface area contributed by atoms with Crippen LogP contribution in [0, 0.1) is 0 Å². The molecule has 3 aromatic rings. The first-order chi connectivity index (χ1) is 13.2. The molecule has 0 radical (unpaired) electrons. The fraction of sp³-hybridized carbons (Fsp3) is 0.300. The normalized spacial score (nSPS) is 15.7. The Balaban J connectivity index is 1.27. The molecule has 2 heterocycles. The number of rotatable bonds is 5. The summed E-state index contributed by atoms with van der Waals surface area (Å²) in [5.74, 6) is 0.296. The van der Waals surface area contributed by atoms with Crippen LogP contribution >= 0.6 is 0 Å². The quantitative estimate of drug-likeness (QED) is 0.724. The van der Waals surface area contributed by atoms with E-state index < -0.39 is 5.76 Å². The Morgan fingerprint density at radius 3 is 2.74 bits per heavy atom. The van der Waals surface area contributed by atoms with Crippen molar-refractivity contribution in [3.05, 3.63) is 59.1 Å². The molecule has 4 rings (SSSR count). The molecular weight excluding hydrogens is 346 g/mol. The van der Waals surface area contributed by atoms with Crippen LogP contribution in [0.25, 0.3) is 11.1 Å². The summed E-state index contributed by atoms with van der Waals surface area (Å²) in [6.45, 7) is 1.96. The number of hydrogen-bond acceptors (Lipinski definition) is 5. The predicted octanol–water partition coefficient (Wildman–Crippen LogP) is 2.60. The summed E-state index contributed by atoms with van der Waals surface area (Å²) >= 11 is 0. The zero-order chi connectivity index (χ0) is 18.6. The van der Waals surface area contributed by atoms with Gasteiger partial charge in [0, 0.05) is 24.8 Å². The Morgan fingerprint density at radius 2 is 1.96 bits per heavy atom. The van der Waals surface area contributed by atoms with E-state index in [1.165, 1.54) is 0 Å². The van der Waals surface area contributed by atoms with E-state index >= 15 is 0 Å². The number of carbonyl (C=O) groups is 1. The lowest BCUT2D eigenvalue weighted by Crippen LogP contribution is -2.42. The van der Waals surface area contributed by atoms with Crippen LogP contribution in [0.15, 0.2) is 57.7 Å². The number of anilines is 1. The van der Waals surface area contributed by atoms with E-state index in [2.05, 4.69) is 15.2 Å². The summed E-state index contributed by atoms with van der Waals surface area (Å²) in [5.41, 5.74) is 1.65. The zero-order valence-electron chi connectivity index (χ0n) is 14.8. The van der Waals surface area contributed by atoms with Gasteiger partial charge in [-0.2, -0.15) is 0 Å². The summed E-state index contributed by atoms with van der Waals surface area (Å²) < 4.78 is 11.0. The largest absolute Gasteiger partial charge is 0.490 e. The van der Waals surface area contributed by atoms with E-state index in [9.17, 15) is 9.59 Å². The zero-order valence-corrected chi connectivity index (χ0v) is 14.8. The standard InChI is InChI=1S/C20H21N3O4/c24-19(21-14-6-7-17-18(12-14)27-20(25)22-17)13-23-10-8-16(9-11-23)26-15-4-2-1-3-5-15/h1-7,12,16H,8-11,13H2,(H,21,24)(H,22,25). The number of amides is 1. The molecule has 0 atom stereocenters. The van der Waals surface area contributed by atoms with Crippen molar-refractivity contribution in [3.63, 3.8) is 0 Å². The van der Waals surface area contributed by atoms with Crippen molar-refractivity contribution in [2.24, 2.45) is 0 Å². The van der Waals surface area contributed by atoms with Crippen LogP contribution in [0.4, 0.5) is 5.69 Å². The summed E-state index contributed by atoms with van der Waals surface area (Å²) in [6.07, 6.45) is 1.97. The topological polar surface area (TPSA) is 87.6 Å². The van der Waals surface area contributed by atoms with Gasteiger partial charge in [-0.25, -0.2) is 4.79 Å². The second kappa shape index (κ2) is 7.67. The first-order valence-electron chi connectivity index (χ1n) is 9.02. The molecule has 0 saturated carbocycles. The molecule has 0 aliphatic carbocycles. The van der Waals surface area contributed by atoms with Gasteiger partial charge < -0.3 is 14.5 Å². The van der Waals surface area contributed by atoms with Crippen molar-refractivity contribution < 1.29 is 13.9 Å². The third-order valence-corrected chi connectivity index (χ3v) is 4.65. The van der Waals surface area contributed by atoms with Crippen LogP contribution < -0.4 is 15.8 Å². The van der Waals surface area contributed by atoms with Gasteiger partial charge >= 0.3 is 5.76 Å². The number of aromatic amines is 1. The minimum atomic E-state index is -0.505. The van der Waals surface area contributed by atoms with Gasteiger partial charge in [-0.05, 0) is 37.1 Å².